The summed E-state index contributed by atoms with van der Waals surface area (Å²) in [5, 5.41) is 7.53. The lowest BCUT2D eigenvalue weighted by Gasteiger charge is -2.36. The molecule has 1 fully saturated rings. The lowest BCUT2D eigenvalue weighted by Crippen LogP contribution is -2.55. The van der Waals surface area contributed by atoms with Crippen LogP contribution in [0.2, 0.25) is 0 Å². The first-order valence-corrected chi connectivity index (χ1v) is 7.14. The Hall–Kier alpha value is -2.21. The Balaban J connectivity index is 1.83. The number of hydrogen-bond donors (Lipinski definition) is 1. The summed E-state index contributed by atoms with van der Waals surface area (Å²) in [6, 6.07) is 8.12. The van der Waals surface area contributed by atoms with Crippen LogP contribution in [0.25, 0.3) is 5.69 Å². The summed E-state index contributed by atoms with van der Waals surface area (Å²) in [6.45, 7) is 5.66. The average Bonchev–Trinajstić information content (AvgIpc) is 3.00. The first-order valence-electron chi connectivity index (χ1n) is 7.14. The maximum absolute atomic E-state index is 12.7. The van der Waals surface area contributed by atoms with Crippen LogP contribution in [-0.4, -0.2) is 50.7 Å². The van der Waals surface area contributed by atoms with Gasteiger partial charge in [-0.15, -0.1) is 0 Å². The van der Waals surface area contributed by atoms with Gasteiger partial charge in [-0.1, -0.05) is 6.07 Å². The summed E-state index contributed by atoms with van der Waals surface area (Å²) in [4.78, 5) is 18.5. The minimum absolute atomic E-state index is 0.0668. The van der Waals surface area contributed by atoms with Gasteiger partial charge in [-0.3, -0.25) is 4.79 Å². The third-order valence-corrected chi connectivity index (χ3v) is 3.62. The van der Waals surface area contributed by atoms with Gasteiger partial charge in [0.25, 0.3) is 5.91 Å². The summed E-state index contributed by atoms with van der Waals surface area (Å²) < 4.78 is 1.65. The molecular weight excluding hydrogens is 266 g/mol. The van der Waals surface area contributed by atoms with Crippen molar-refractivity contribution in [1.82, 2.24) is 25.0 Å². The van der Waals surface area contributed by atoms with E-state index in [-0.39, 0.29) is 5.91 Å². The highest BCUT2D eigenvalue weighted by Gasteiger charge is 2.25. The van der Waals surface area contributed by atoms with Crippen LogP contribution in [-0.2, 0) is 0 Å². The molecule has 1 aliphatic heterocycles. The van der Waals surface area contributed by atoms with Gasteiger partial charge in [0, 0.05) is 30.7 Å². The third-order valence-electron chi connectivity index (χ3n) is 3.62. The van der Waals surface area contributed by atoms with Crippen LogP contribution in [0, 0.1) is 0 Å². The fourth-order valence-electron chi connectivity index (χ4n) is 2.80. The summed E-state index contributed by atoms with van der Waals surface area (Å²) in [5.41, 5.74) is 1.53. The van der Waals surface area contributed by atoms with Crippen LogP contribution in [0.4, 0.5) is 0 Å². The first-order chi connectivity index (χ1) is 10.1. The van der Waals surface area contributed by atoms with Crippen molar-refractivity contribution in [1.29, 1.82) is 0 Å². The second kappa shape index (κ2) is 5.65. The number of piperazine rings is 1. The maximum Gasteiger partial charge on any atom is 0.254 e. The standard InChI is InChI=1S/C15H19N5O/c1-11-7-19(8-12(2)18-11)15(21)13-4-3-5-14(6-13)20-10-16-9-17-20/h3-6,9-12,18H,7-8H2,1-2H3. The minimum atomic E-state index is 0.0668. The monoisotopic (exact) mass is 285 g/mol. The first kappa shape index (κ1) is 13.8. The molecule has 2 atom stereocenters. The van der Waals surface area contributed by atoms with Gasteiger partial charge in [0.15, 0.2) is 0 Å². The zero-order valence-electron chi connectivity index (χ0n) is 12.2. The molecule has 6 heteroatoms. The predicted octanol–water partition coefficient (Wildman–Crippen LogP) is 1.09. The SMILES string of the molecule is CC1CN(C(=O)c2cccc(-n3cncn3)c2)CC(C)N1. The topological polar surface area (TPSA) is 63.1 Å². The lowest BCUT2D eigenvalue weighted by molar-refractivity contribution is 0.0674. The average molecular weight is 285 g/mol. The molecule has 1 amide bonds. The van der Waals surface area contributed by atoms with Gasteiger partial charge >= 0.3 is 0 Å². The fourth-order valence-corrected chi connectivity index (χ4v) is 2.80. The van der Waals surface area contributed by atoms with Crippen molar-refractivity contribution >= 4 is 5.91 Å². The number of carbonyl (C=O) groups is 1. The smallest absolute Gasteiger partial charge is 0.254 e. The van der Waals surface area contributed by atoms with E-state index in [2.05, 4.69) is 29.2 Å². The quantitative estimate of drug-likeness (QED) is 0.897. The molecule has 3 rings (SSSR count). The van der Waals surface area contributed by atoms with E-state index in [9.17, 15) is 4.79 Å². The van der Waals surface area contributed by atoms with Crippen molar-refractivity contribution in [2.24, 2.45) is 0 Å². The van der Waals surface area contributed by atoms with Gasteiger partial charge < -0.3 is 10.2 Å². The Labute approximate surface area is 123 Å². The van der Waals surface area contributed by atoms with E-state index in [0.717, 1.165) is 18.8 Å². The summed E-state index contributed by atoms with van der Waals surface area (Å²) in [6.07, 6.45) is 3.10. The van der Waals surface area contributed by atoms with E-state index >= 15 is 0 Å². The van der Waals surface area contributed by atoms with Crippen LogP contribution < -0.4 is 5.32 Å². The Kier molecular flexibility index (Phi) is 3.70. The lowest BCUT2D eigenvalue weighted by atomic mass is 10.1. The van der Waals surface area contributed by atoms with Crippen LogP contribution in [0.3, 0.4) is 0 Å². The van der Waals surface area contributed by atoms with Gasteiger partial charge in [0.1, 0.15) is 12.7 Å². The van der Waals surface area contributed by atoms with E-state index in [1.54, 1.807) is 11.0 Å². The zero-order valence-corrected chi connectivity index (χ0v) is 12.2. The second-order valence-corrected chi connectivity index (χ2v) is 5.57. The van der Waals surface area contributed by atoms with E-state index in [4.69, 9.17) is 0 Å². The Morgan fingerprint density at radius 2 is 2.05 bits per heavy atom. The normalized spacial score (nSPS) is 22.3. The number of hydrogen-bond acceptors (Lipinski definition) is 4. The molecule has 110 valence electrons. The Morgan fingerprint density at radius 1 is 1.29 bits per heavy atom. The van der Waals surface area contributed by atoms with Crippen LogP contribution in [0.15, 0.2) is 36.9 Å². The molecule has 1 saturated heterocycles. The number of amides is 1. The molecule has 0 bridgehead atoms. The van der Waals surface area contributed by atoms with Crippen molar-refractivity contribution in [3.05, 3.63) is 42.5 Å². The number of nitrogens with one attached hydrogen (secondary N) is 1. The molecule has 2 heterocycles. The molecular formula is C15H19N5O. The van der Waals surface area contributed by atoms with Gasteiger partial charge in [0.05, 0.1) is 5.69 Å². The molecule has 0 radical (unpaired) electrons. The number of aromatic nitrogens is 3. The van der Waals surface area contributed by atoms with E-state index in [0.29, 0.717) is 17.6 Å². The molecule has 1 N–H and O–H groups in total. The van der Waals surface area contributed by atoms with Gasteiger partial charge in [-0.05, 0) is 32.0 Å². The van der Waals surface area contributed by atoms with Crippen molar-refractivity contribution in [3.63, 3.8) is 0 Å². The summed E-state index contributed by atoms with van der Waals surface area (Å²) in [7, 11) is 0. The Morgan fingerprint density at radius 3 is 2.71 bits per heavy atom. The highest BCUT2D eigenvalue weighted by Crippen LogP contribution is 2.14. The second-order valence-electron chi connectivity index (χ2n) is 5.57. The molecule has 1 aromatic heterocycles. The number of benzene rings is 1. The number of nitrogens with zero attached hydrogens (tertiary/aromatic N) is 4. The highest BCUT2D eigenvalue weighted by atomic mass is 16.2. The number of rotatable bonds is 2. The molecule has 0 aliphatic carbocycles. The summed E-state index contributed by atoms with van der Waals surface area (Å²) in [5.74, 6) is 0.0668. The van der Waals surface area contributed by atoms with Crippen LogP contribution in [0.1, 0.15) is 24.2 Å². The molecule has 1 aliphatic rings. The molecule has 1 aromatic carbocycles. The largest absolute Gasteiger partial charge is 0.336 e. The van der Waals surface area contributed by atoms with Crippen molar-refractivity contribution < 1.29 is 4.79 Å². The van der Waals surface area contributed by atoms with Crippen molar-refractivity contribution in [2.75, 3.05) is 13.1 Å². The number of carbonyl (C=O) groups excluding carboxylic acids is 1. The predicted molar refractivity (Wildman–Crippen MR) is 79.3 cm³/mol. The molecule has 0 saturated carbocycles. The van der Waals surface area contributed by atoms with E-state index in [1.165, 1.54) is 6.33 Å². The molecule has 0 spiro atoms. The zero-order chi connectivity index (χ0) is 14.8. The van der Waals surface area contributed by atoms with E-state index in [1.807, 2.05) is 29.2 Å². The van der Waals surface area contributed by atoms with Crippen molar-refractivity contribution in [2.45, 2.75) is 25.9 Å². The van der Waals surface area contributed by atoms with Crippen LogP contribution >= 0.6 is 0 Å². The third kappa shape index (κ3) is 2.95. The molecule has 21 heavy (non-hydrogen) atoms. The maximum atomic E-state index is 12.7. The van der Waals surface area contributed by atoms with E-state index < -0.39 is 0 Å². The van der Waals surface area contributed by atoms with Crippen LogP contribution in [0.5, 0.6) is 0 Å². The molecule has 2 aromatic rings. The van der Waals surface area contributed by atoms with Gasteiger partial charge in [0.2, 0.25) is 0 Å². The molecule has 6 nitrogen and oxygen atoms in total. The fraction of sp³-hybridized carbons (Fsp3) is 0.400. The van der Waals surface area contributed by atoms with Gasteiger partial charge in [-0.25, -0.2) is 9.67 Å². The molecule has 2 unspecified atom stereocenters. The minimum Gasteiger partial charge on any atom is -0.336 e. The Bertz CT molecular complexity index is 615. The van der Waals surface area contributed by atoms with Gasteiger partial charge in [-0.2, -0.15) is 5.10 Å². The van der Waals surface area contributed by atoms with Crippen molar-refractivity contribution in [3.8, 4) is 5.69 Å². The summed E-state index contributed by atoms with van der Waals surface area (Å²) >= 11 is 0. The highest BCUT2D eigenvalue weighted by molar-refractivity contribution is 5.94.